The van der Waals surface area contributed by atoms with Crippen molar-refractivity contribution in [1.82, 2.24) is 0 Å². The Hall–Kier alpha value is -0.0262. The van der Waals surface area contributed by atoms with Crippen LogP contribution in [0.25, 0.3) is 0 Å². The van der Waals surface area contributed by atoms with Gasteiger partial charge in [-0.1, -0.05) is 57.7 Å². The van der Waals surface area contributed by atoms with E-state index in [9.17, 15) is 0 Å². The summed E-state index contributed by atoms with van der Waals surface area (Å²) in [5.41, 5.74) is 1.41. The van der Waals surface area contributed by atoms with Gasteiger partial charge < -0.3 is 4.74 Å². The molecule has 0 unspecified atom stereocenters. The van der Waals surface area contributed by atoms with Crippen LogP contribution in [-0.2, 0) is 4.74 Å². The van der Waals surface area contributed by atoms with Gasteiger partial charge in [-0.25, -0.2) is 0 Å². The molecule has 0 amide bonds. The maximum atomic E-state index is 5.33. The fourth-order valence-electron chi connectivity index (χ4n) is 1.50. The lowest BCUT2D eigenvalue weighted by atomic mass is 10.4. The zero-order chi connectivity index (χ0) is 11.2. The maximum absolute atomic E-state index is 5.33. The second-order valence-electron chi connectivity index (χ2n) is 5.07. The fraction of sp³-hybridized carbons (Fsp3) is 0.818. The summed E-state index contributed by atoms with van der Waals surface area (Å²) < 4.78 is 5.33. The molecule has 1 nitrogen and oxygen atoms in total. The first-order chi connectivity index (χ1) is 6.40. The summed E-state index contributed by atoms with van der Waals surface area (Å²) in [6.45, 7) is 13.6. The van der Waals surface area contributed by atoms with E-state index in [4.69, 9.17) is 4.74 Å². The highest BCUT2D eigenvalue weighted by atomic mass is 28.4. The zero-order valence-electron chi connectivity index (χ0n) is 10.4. The number of unbranched alkanes of at least 4 members (excludes halogenated alkanes) is 1. The minimum Gasteiger partial charge on any atom is -0.507 e. The summed E-state index contributed by atoms with van der Waals surface area (Å²) in [5, 5.41) is 1.09. The van der Waals surface area contributed by atoms with E-state index in [1.807, 2.05) is 0 Å². The molecule has 83 valence electrons. The Balaban J connectivity index is 4.18. The van der Waals surface area contributed by atoms with Gasteiger partial charge in [-0.15, -0.1) is 0 Å². The minimum atomic E-state index is -0.945. The van der Waals surface area contributed by atoms with Crippen molar-refractivity contribution in [2.24, 2.45) is 0 Å². The second kappa shape index (κ2) is 6.46. The largest absolute Gasteiger partial charge is 0.507 e. The summed E-state index contributed by atoms with van der Waals surface area (Å²) >= 11 is 0. The van der Waals surface area contributed by atoms with Crippen LogP contribution in [0.4, 0.5) is 0 Å². The van der Waals surface area contributed by atoms with Gasteiger partial charge in [0, 0.05) is 8.07 Å². The lowest BCUT2D eigenvalue weighted by Gasteiger charge is -2.23. The summed E-state index contributed by atoms with van der Waals surface area (Å²) in [5.74, 6) is 0. The molecule has 0 aliphatic heterocycles. The Labute approximate surface area is 92.2 Å². The molecule has 0 rings (SSSR count). The van der Waals surface area contributed by atoms with Gasteiger partial charge >= 0.3 is 0 Å². The van der Waals surface area contributed by atoms with E-state index in [0.29, 0.717) is 0 Å². The molecule has 0 aromatic heterocycles. The highest BCUT2D eigenvalue weighted by Crippen LogP contribution is 2.20. The highest BCUT2D eigenvalue weighted by molar-refractivity contribution is 6.89. The molecule has 0 aromatic carbocycles. The maximum Gasteiger partial charge on any atom is 0.129 e. The fourth-order valence-corrected chi connectivity index (χ4v) is 9.47. The Morgan fingerprint density at radius 3 is 2.29 bits per heavy atom. The average molecular weight is 229 g/mol. The molecule has 3 heteroatoms. The second-order valence-corrected chi connectivity index (χ2v) is 13.9. The van der Waals surface area contributed by atoms with Gasteiger partial charge in [-0.2, -0.15) is 0 Å². The third-order valence-electron chi connectivity index (χ3n) is 2.22. The monoisotopic (exact) mass is 229 g/mol. The summed E-state index contributed by atoms with van der Waals surface area (Å²) in [6, 6.07) is 1.35. The molecule has 0 saturated carbocycles. The van der Waals surface area contributed by atoms with Gasteiger partial charge in [-0.05, 0) is 0 Å². The van der Waals surface area contributed by atoms with Crippen LogP contribution >= 0.6 is 0 Å². The molecule has 0 bridgehead atoms. The van der Waals surface area contributed by atoms with Gasteiger partial charge in [0.2, 0.25) is 0 Å². The van der Waals surface area contributed by atoms with E-state index < -0.39 is 16.9 Å². The molecule has 0 atom stereocenters. The van der Waals surface area contributed by atoms with Crippen molar-refractivity contribution in [3.05, 3.63) is 12.0 Å². The van der Waals surface area contributed by atoms with Crippen LogP contribution < -0.4 is 0 Å². The van der Waals surface area contributed by atoms with Gasteiger partial charge in [0.15, 0.2) is 0 Å². The Morgan fingerprint density at radius 2 is 1.93 bits per heavy atom. The van der Waals surface area contributed by atoms with E-state index in [2.05, 4.69) is 33.1 Å². The third-order valence-corrected chi connectivity index (χ3v) is 10.1. The van der Waals surface area contributed by atoms with E-state index >= 15 is 0 Å². The molecule has 14 heavy (non-hydrogen) atoms. The van der Waals surface area contributed by atoms with Gasteiger partial charge in [0.25, 0.3) is 0 Å². The number of ether oxygens (including phenoxy) is 1. The number of hydrogen-bond donors (Lipinski definition) is 0. The van der Waals surface area contributed by atoms with Crippen LogP contribution in [0.3, 0.4) is 0 Å². The predicted octanol–water partition coefficient (Wildman–Crippen LogP) is 3.86. The zero-order valence-corrected chi connectivity index (χ0v) is 12.4. The summed E-state index contributed by atoms with van der Waals surface area (Å²) in [6.07, 6.45) is 2.62. The van der Waals surface area contributed by atoms with Crippen LogP contribution in [0.2, 0.25) is 31.4 Å². The molecule has 0 fully saturated rings. The first-order valence-electron chi connectivity index (χ1n) is 5.48. The van der Waals surface area contributed by atoms with E-state index in [1.54, 1.807) is 7.11 Å². The SMILES string of the molecule is C=C(OC)[Si](CCCC)C[Si](C)(C)C. The quantitative estimate of drug-likeness (QED) is 0.476. The van der Waals surface area contributed by atoms with Crippen molar-refractivity contribution in [2.45, 2.75) is 51.1 Å². The highest BCUT2D eigenvalue weighted by Gasteiger charge is 2.24. The lowest BCUT2D eigenvalue weighted by Crippen LogP contribution is -2.31. The molecule has 1 radical (unpaired) electrons. The van der Waals surface area contributed by atoms with Gasteiger partial charge in [0.05, 0.1) is 12.5 Å². The molecule has 0 saturated heterocycles. The number of methoxy groups -OCH3 is 1. The molecule has 0 N–H and O–H groups in total. The van der Waals surface area contributed by atoms with Crippen molar-refractivity contribution in [2.75, 3.05) is 7.11 Å². The standard InChI is InChI=1S/C11H25OSi2/c1-7-8-9-13(11(2)12-3)10-14(4,5)6/h2,7-10H2,1,3-6H3. The van der Waals surface area contributed by atoms with E-state index in [1.165, 1.54) is 24.6 Å². The van der Waals surface area contributed by atoms with Crippen LogP contribution in [-0.4, -0.2) is 24.0 Å². The van der Waals surface area contributed by atoms with Crippen LogP contribution in [0, 0.1) is 0 Å². The Morgan fingerprint density at radius 1 is 1.36 bits per heavy atom. The lowest BCUT2D eigenvalue weighted by molar-refractivity contribution is 0.319. The normalized spacial score (nSPS) is 11.9. The summed E-state index contributed by atoms with van der Waals surface area (Å²) in [4.78, 5) is 0. The molecule has 0 aliphatic rings. The molecule has 0 spiro atoms. The number of hydrogen-bond acceptors (Lipinski definition) is 1. The molecule has 0 aromatic rings. The van der Waals surface area contributed by atoms with Gasteiger partial charge in [0.1, 0.15) is 8.80 Å². The van der Waals surface area contributed by atoms with Crippen molar-refractivity contribution < 1.29 is 4.74 Å². The Bertz CT molecular complexity index is 173. The van der Waals surface area contributed by atoms with Crippen molar-refractivity contribution >= 4 is 16.9 Å². The Kier molecular flexibility index (Phi) is 6.44. The third kappa shape index (κ3) is 6.43. The topological polar surface area (TPSA) is 9.23 Å². The van der Waals surface area contributed by atoms with Crippen molar-refractivity contribution in [1.29, 1.82) is 0 Å². The summed E-state index contributed by atoms with van der Waals surface area (Å²) in [7, 11) is 0.374. The molecular formula is C11H25OSi2. The first-order valence-corrected chi connectivity index (χ1v) is 11.1. The number of rotatable bonds is 7. The average Bonchev–Trinajstić information content (AvgIpc) is 2.09. The molecule has 0 heterocycles. The van der Waals surface area contributed by atoms with E-state index in [0.717, 1.165) is 5.38 Å². The van der Waals surface area contributed by atoms with Crippen LogP contribution in [0.5, 0.6) is 0 Å². The smallest absolute Gasteiger partial charge is 0.129 e. The van der Waals surface area contributed by atoms with E-state index in [-0.39, 0.29) is 0 Å². The van der Waals surface area contributed by atoms with Crippen LogP contribution in [0.1, 0.15) is 19.8 Å². The minimum absolute atomic E-state index is 0.448. The van der Waals surface area contributed by atoms with Crippen molar-refractivity contribution in [3.8, 4) is 0 Å². The first kappa shape index (κ1) is 14.0. The molecular weight excluding hydrogens is 204 g/mol. The predicted molar refractivity (Wildman–Crippen MR) is 69.8 cm³/mol. The van der Waals surface area contributed by atoms with Gasteiger partial charge in [-0.3, -0.25) is 0 Å². The molecule has 0 aliphatic carbocycles. The van der Waals surface area contributed by atoms with Crippen molar-refractivity contribution in [3.63, 3.8) is 0 Å². The van der Waals surface area contributed by atoms with Crippen LogP contribution in [0.15, 0.2) is 12.0 Å².